The maximum absolute atomic E-state index is 13.1. The summed E-state index contributed by atoms with van der Waals surface area (Å²) in [5.41, 5.74) is -0.768. The highest BCUT2D eigenvalue weighted by molar-refractivity contribution is 9.09. The fourth-order valence-electron chi connectivity index (χ4n) is 1.18. The lowest BCUT2D eigenvalue weighted by Gasteiger charge is -1.99. The number of rotatable bonds is 4. The molecule has 1 rings (SSSR count). The summed E-state index contributed by atoms with van der Waals surface area (Å²) in [6, 6.07) is 1.44. The van der Waals surface area contributed by atoms with E-state index in [1.54, 1.807) is 6.08 Å². The summed E-state index contributed by atoms with van der Waals surface area (Å²) in [6.07, 6.45) is 3.57. The van der Waals surface area contributed by atoms with Gasteiger partial charge >= 0.3 is 5.69 Å². The number of hydrogen-bond donors (Lipinski definition) is 0. The Balaban J connectivity index is 3.19. The van der Waals surface area contributed by atoms with Crippen LogP contribution in [0.2, 0.25) is 0 Å². The number of hydrogen-bond acceptors (Lipinski definition) is 2. The van der Waals surface area contributed by atoms with Gasteiger partial charge in [0.05, 0.1) is 10.5 Å². The molecule has 0 radical (unpaired) electrons. The summed E-state index contributed by atoms with van der Waals surface area (Å²) in [6.45, 7) is 0. The number of nitro groups is 1. The second kappa shape index (κ2) is 5.69. The lowest BCUT2D eigenvalue weighted by Crippen LogP contribution is -1.97. The first-order chi connectivity index (χ1) is 7.56. The second-order valence-electron chi connectivity index (χ2n) is 2.96. The van der Waals surface area contributed by atoms with E-state index in [4.69, 9.17) is 0 Å². The number of halogens is 3. The van der Waals surface area contributed by atoms with E-state index in [1.165, 1.54) is 6.08 Å². The average molecular weight is 292 g/mol. The highest BCUT2D eigenvalue weighted by Gasteiger charge is 2.19. The van der Waals surface area contributed by atoms with Gasteiger partial charge in [-0.05, 0) is 12.5 Å². The lowest BCUT2D eigenvalue weighted by molar-refractivity contribution is -0.387. The smallest absolute Gasteiger partial charge is 0.258 e. The zero-order valence-corrected chi connectivity index (χ0v) is 9.71. The van der Waals surface area contributed by atoms with Crippen molar-refractivity contribution in [2.75, 3.05) is 5.33 Å². The highest BCUT2D eigenvalue weighted by Crippen LogP contribution is 2.25. The second-order valence-corrected chi connectivity index (χ2v) is 3.76. The largest absolute Gasteiger partial charge is 0.312 e. The Labute approximate surface area is 99.1 Å². The molecule has 0 saturated carbocycles. The van der Waals surface area contributed by atoms with Gasteiger partial charge in [-0.2, -0.15) is 4.39 Å². The molecule has 16 heavy (non-hydrogen) atoms. The van der Waals surface area contributed by atoms with E-state index in [1.807, 2.05) is 0 Å². The van der Waals surface area contributed by atoms with Gasteiger partial charge in [0.25, 0.3) is 0 Å². The van der Waals surface area contributed by atoms with E-state index in [2.05, 4.69) is 15.9 Å². The van der Waals surface area contributed by atoms with Gasteiger partial charge < -0.3 is 0 Å². The molecule has 0 spiro atoms. The Morgan fingerprint density at radius 1 is 1.44 bits per heavy atom. The van der Waals surface area contributed by atoms with Gasteiger partial charge in [0.1, 0.15) is 5.82 Å². The van der Waals surface area contributed by atoms with Crippen molar-refractivity contribution in [1.82, 2.24) is 0 Å². The van der Waals surface area contributed by atoms with Gasteiger partial charge in [0.15, 0.2) is 0 Å². The zero-order chi connectivity index (χ0) is 12.1. The molecule has 0 aliphatic heterocycles. The van der Waals surface area contributed by atoms with E-state index in [9.17, 15) is 18.9 Å². The molecule has 0 amide bonds. The standard InChI is InChI=1S/C10H8BrF2NO2/c11-4-2-1-3-7-5-8(12)6-9(13)10(7)14(15)16/h1,3,5-6H,2,4H2. The van der Waals surface area contributed by atoms with Crippen molar-refractivity contribution < 1.29 is 13.7 Å². The molecule has 0 heterocycles. The van der Waals surface area contributed by atoms with Crippen LogP contribution in [-0.4, -0.2) is 10.3 Å². The molecule has 0 atom stereocenters. The van der Waals surface area contributed by atoms with Crippen LogP contribution in [0.3, 0.4) is 0 Å². The van der Waals surface area contributed by atoms with Gasteiger partial charge in [-0.1, -0.05) is 28.1 Å². The quantitative estimate of drug-likeness (QED) is 0.483. The van der Waals surface area contributed by atoms with Crippen molar-refractivity contribution in [3.8, 4) is 0 Å². The van der Waals surface area contributed by atoms with Crippen LogP contribution in [0.4, 0.5) is 14.5 Å². The van der Waals surface area contributed by atoms with Gasteiger partial charge in [-0.15, -0.1) is 0 Å². The summed E-state index contributed by atoms with van der Waals surface area (Å²) in [5, 5.41) is 11.3. The molecular formula is C10H8BrF2NO2. The third-order valence-electron chi connectivity index (χ3n) is 1.81. The third kappa shape index (κ3) is 3.10. The van der Waals surface area contributed by atoms with Crippen LogP contribution in [0.5, 0.6) is 0 Å². The molecule has 1 aromatic rings. The number of nitro benzene ring substituents is 1. The van der Waals surface area contributed by atoms with E-state index < -0.39 is 22.2 Å². The summed E-state index contributed by atoms with van der Waals surface area (Å²) in [4.78, 5) is 9.73. The predicted molar refractivity (Wildman–Crippen MR) is 60.5 cm³/mol. The van der Waals surface area contributed by atoms with E-state index in [0.717, 1.165) is 6.07 Å². The normalized spacial score (nSPS) is 10.9. The van der Waals surface area contributed by atoms with Crippen LogP contribution in [0, 0.1) is 21.7 Å². The van der Waals surface area contributed by atoms with Crippen molar-refractivity contribution in [2.45, 2.75) is 6.42 Å². The Hall–Kier alpha value is -1.30. The topological polar surface area (TPSA) is 43.1 Å². The number of allylic oxidation sites excluding steroid dienone is 1. The lowest BCUT2D eigenvalue weighted by atomic mass is 10.1. The zero-order valence-electron chi connectivity index (χ0n) is 8.12. The van der Waals surface area contributed by atoms with E-state index in [-0.39, 0.29) is 5.56 Å². The van der Waals surface area contributed by atoms with Gasteiger partial charge in [-0.25, -0.2) is 4.39 Å². The van der Waals surface area contributed by atoms with Crippen LogP contribution in [0.15, 0.2) is 18.2 Å². The van der Waals surface area contributed by atoms with Crippen molar-refractivity contribution in [3.63, 3.8) is 0 Å². The minimum absolute atomic E-state index is 0.0662. The molecule has 6 heteroatoms. The Bertz CT molecular complexity index is 435. The molecule has 0 fully saturated rings. The van der Waals surface area contributed by atoms with Crippen molar-refractivity contribution in [1.29, 1.82) is 0 Å². The third-order valence-corrected chi connectivity index (χ3v) is 2.27. The van der Waals surface area contributed by atoms with Crippen molar-refractivity contribution in [2.24, 2.45) is 0 Å². The highest BCUT2D eigenvalue weighted by atomic mass is 79.9. The first-order valence-corrected chi connectivity index (χ1v) is 5.54. The van der Waals surface area contributed by atoms with Crippen LogP contribution < -0.4 is 0 Å². The Morgan fingerprint density at radius 2 is 2.12 bits per heavy atom. The molecule has 3 nitrogen and oxygen atoms in total. The first kappa shape index (κ1) is 12.8. The molecule has 0 aliphatic carbocycles. The summed E-state index contributed by atoms with van der Waals surface area (Å²) < 4.78 is 26.0. The Kier molecular flexibility index (Phi) is 4.54. The molecule has 0 saturated heterocycles. The van der Waals surface area contributed by atoms with Gasteiger partial charge in [-0.3, -0.25) is 10.1 Å². The van der Waals surface area contributed by atoms with Crippen LogP contribution >= 0.6 is 15.9 Å². The summed E-state index contributed by atoms with van der Waals surface area (Å²) in [5.74, 6) is -2.00. The minimum Gasteiger partial charge on any atom is -0.258 e. The SMILES string of the molecule is O=[N+]([O-])c1c(F)cc(F)cc1C=CCCBr. The molecular weight excluding hydrogens is 284 g/mol. The molecule has 86 valence electrons. The van der Waals surface area contributed by atoms with Crippen LogP contribution in [-0.2, 0) is 0 Å². The molecule has 0 bridgehead atoms. The fourth-order valence-corrected chi connectivity index (χ4v) is 1.44. The number of benzene rings is 1. The molecule has 0 N–H and O–H groups in total. The first-order valence-electron chi connectivity index (χ1n) is 4.42. The maximum Gasteiger partial charge on any atom is 0.312 e. The molecule has 0 aromatic heterocycles. The van der Waals surface area contributed by atoms with Crippen molar-refractivity contribution >= 4 is 27.7 Å². The number of alkyl halides is 1. The monoisotopic (exact) mass is 291 g/mol. The van der Waals surface area contributed by atoms with Crippen LogP contribution in [0.1, 0.15) is 12.0 Å². The molecule has 0 aliphatic rings. The number of nitrogens with zero attached hydrogens (tertiary/aromatic N) is 1. The Morgan fingerprint density at radius 3 is 2.69 bits per heavy atom. The average Bonchev–Trinajstić information content (AvgIpc) is 2.16. The summed E-state index contributed by atoms with van der Waals surface area (Å²) >= 11 is 3.17. The van der Waals surface area contributed by atoms with Crippen molar-refractivity contribution in [3.05, 3.63) is 45.5 Å². The minimum atomic E-state index is -1.16. The van der Waals surface area contributed by atoms with Gasteiger partial charge in [0.2, 0.25) is 5.82 Å². The van der Waals surface area contributed by atoms with Gasteiger partial charge in [0, 0.05) is 11.4 Å². The molecule has 0 unspecified atom stereocenters. The maximum atomic E-state index is 13.1. The van der Waals surface area contributed by atoms with E-state index in [0.29, 0.717) is 17.8 Å². The summed E-state index contributed by atoms with van der Waals surface area (Å²) in [7, 11) is 0. The van der Waals surface area contributed by atoms with E-state index >= 15 is 0 Å². The van der Waals surface area contributed by atoms with Crippen LogP contribution in [0.25, 0.3) is 6.08 Å². The fraction of sp³-hybridized carbons (Fsp3) is 0.200. The molecule has 1 aromatic carbocycles. The predicted octanol–water partition coefficient (Wildman–Crippen LogP) is 3.67.